The zero-order valence-corrected chi connectivity index (χ0v) is 13.7. The van der Waals surface area contributed by atoms with Crippen LogP contribution in [0.1, 0.15) is 12.6 Å². The molecule has 0 aliphatic carbocycles. The molecule has 19 heavy (non-hydrogen) atoms. The quantitative estimate of drug-likeness (QED) is 0.538. The van der Waals surface area contributed by atoms with Gasteiger partial charge in [0.25, 0.3) is 0 Å². The number of pyridine rings is 1. The van der Waals surface area contributed by atoms with E-state index in [1.165, 1.54) is 6.08 Å². The lowest BCUT2D eigenvalue weighted by atomic mass is 10.2. The number of carbonyl (C=O) groups is 1. The Hall–Kier alpha value is -0.980. The monoisotopic (exact) mass is 390 g/mol. The van der Waals surface area contributed by atoms with Crippen LogP contribution in [0, 0.1) is 0 Å². The summed E-state index contributed by atoms with van der Waals surface area (Å²) in [6.07, 6.45) is 5.81. The number of allylic oxidation sites excluding steroid dienone is 2. The minimum atomic E-state index is -0.308. The van der Waals surface area contributed by atoms with Gasteiger partial charge in [-0.3, -0.25) is 9.69 Å². The topological polar surface area (TPSA) is 55.9 Å². The first-order chi connectivity index (χ1) is 8.16. The van der Waals surface area contributed by atoms with Crippen LogP contribution in [0.25, 0.3) is 0 Å². The number of nitrogens with one attached hydrogen (secondary N) is 2. The van der Waals surface area contributed by atoms with Crippen LogP contribution in [0.5, 0.6) is 0 Å². The summed E-state index contributed by atoms with van der Waals surface area (Å²) in [6.45, 7) is 2.70. The number of aromatic nitrogens is 1. The van der Waals surface area contributed by atoms with Gasteiger partial charge in [-0.15, -0.1) is 0 Å². The predicted molar refractivity (Wildman–Crippen MR) is 62.0 cm³/mol. The van der Waals surface area contributed by atoms with Crippen LogP contribution in [-0.2, 0) is 11.2 Å². The lowest BCUT2D eigenvalue weighted by molar-refractivity contribution is -0.806. The molecule has 3 N–H and O–H groups in total. The van der Waals surface area contributed by atoms with Gasteiger partial charge in [0.1, 0.15) is 11.9 Å². The number of aliphatic hydroxyl groups is 1. The number of hydrogen-bond acceptors (Lipinski definition) is 2. The smallest absolute Gasteiger partial charge is 0.231 e. The van der Waals surface area contributed by atoms with Crippen LogP contribution in [0.3, 0.4) is 0 Å². The number of aromatic amines is 1. The summed E-state index contributed by atoms with van der Waals surface area (Å²) in [6, 6.07) is 5.95. The van der Waals surface area contributed by atoms with E-state index in [2.05, 4.69) is 4.98 Å². The van der Waals surface area contributed by atoms with Crippen molar-refractivity contribution in [2.45, 2.75) is 13.3 Å². The number of quaternary nitrogens is 1. The van der Waals surface area contributed by atoms with Gasteiger partial charge >= 0.3 is 0 Å². The molecule has 104 valence electrons. The fraction of sp³-hybridized carbons (Fsp3) is 0.231. The summed E-state index contributed by atoms with van der Waals surface area (Å²) in [5, 5.41) is 9.40. The maximum atomic E-state index is 11.2. The zero-order valence-electron chi connectivity index (χ0n) is 10.5. The third kappa shape index (κ3) is 4.89. The van der Waals surface area contributed by atoms with Crippen molar-refractivity contribution in [2.24, 2.45) is 0 Å². The number of ketones is 1. The van der Waals surface area contributed by atoms with Crippen LogP contribution in [0.15, 0.2) is 48.1 Å². The molecule has 0 saturated heterocycles. The van der Waals surface area contributed by atoms with Crippen LogP contribution >= 0.6 is 0 Å². The molecule has 1 unspecified atom stereocenters. The second kappa shape index (κ2) is 8.24. The van der Waals surface area contributed by atoms with Crippen LogP contribution in [-0.4, -0.2) is 17.4 Å². The molecule has 1 aromatic rings. The maximum absolute atomic E-state index is 11.2. The highest BCUT2D eigenvalue weighted by Gasteiger charge is 2.21. The number of halogens is 2. The number of carbonyl (C=O) groups excluding carboxylic acids is 1. The van der Waals surface area contributed by atoms with E-state index in [0.717, 1.165) is 29.3 Å². The van der Waals surface area contributed by atoms with E-state index in [9.17, 15) is 9.90 Å². The summed E-state index contributed by atoms with van der Waals surface area (Å²) in [5.41, 5.74) is 2.07. The highest BCUT2D eigenvalue weighted by atomic mass is 79.9. The molecular weight excluding hydrogens is 376 g/mol. The van der Waals surface area contributed by atoms with Crippen molar-refractivity contribution in [3.8, 4) is 0 Å². The summed E-state index contributed by atoms with van der Waals surface area (Å²) in [5.74, 6) is -0.472. The van der Waals surface area contributed by atoms with Gasteiger partial charge in [0, 0.05) is 25.1 Å². The van der Waals surface area contributed by atoms with Crippen molar-refractivity contribution in [1.82, 2.24) is 0 Å². The summed E-state index contributed by atoms with van der Waals surface area (Å²) >= 11 is 0. The first-order valence-corrected chi connectivity index (χ1v) is 5.62. The Morgan fingerprint density at radius 1 is 1.32 bits per heavy atom. The van der Waals surface area contributed by atoms with E-state index < -0.39 is 0 Å². The predicted octanol–water partition coefficient (Wildman–Crippen LogP) is -6.18. The second-order valence-corrected chi connectivity index (χ2v) is 4.13. The molecule has 0 spiro atoms. The van der Waals surface area contributed by atoms with Gasteiger partial charge in [0.2, 0.25) is 11.5 Å². The maximum Gasteiger partial charge on any atom is 0.231 e. The largest absolute Gasteiger partial charge is 1.00 e. The van der Waals surface area contributed by atoms with Gasteiger partial charge in [-0.05, 0) is 0 Å². The summed E-state index contributed by atoms with van der Waals surface area (Å²) in [4.78, 5) is 15.4. The lowest BCUT2D eigenvalue weighted by Crippen LogP contribution is -3.06. The molecule has 0 saturated carbocycles. The van der Waals surface area contributed by atoms with E-state index in [-0.39, 0.29) is 45.5 Å². The molecule has 1 atom stereocenters. The van der Waals surface area contributed by atoms with Crippen molar-refractivity contribution in [3.63, 3.8) is 0 Å². The van der Waals surface area contributed by atoms with Crippen molar-refractivity contribution < 1.29 is 53.7 Å². The van der Waals surface area contributed by atoms with Crippen LogP contribution in [0.2, 0.25) is 0 Å². The van der Waals surface area contributed by atoms with E-state index in [1.54, 1.807) is 6.20 Å². The van der Waals surface area contributed by atoms with Crippen molar-refractivity contribution in [3.05, 3.63) is 53.8 Å². The van der Waals surface area contributed by atoms with Gasteiger partial charge in [-0.2, -0.15) is 0 Å². The first-order valence-electron chi connectivity index (χ1n) is 5.62. The zero-order chi connectivity index (χ0) is 12.3. The molecule has 0 amide bonds. The SMILES string of the molecule is CC1=CC(=O)C(O)=C[NH+]1CCc1cccc[nH+]1.[Br-].[Br-]. The number of rotatable bonds is 3. The normalized spacial score (nSPS) is 17.7. The molecule has 6 heteroatoms. The Morgan fingerprint density at radius 2 is 2.05 bits per heavy atom. The molecule has 1 aliphatic heterocycles. The molecule has 4 nitrogen and oxygen atoms in total. The van der Waals surface area contributed by atoms with Crippen molar-refractivity contribution in [2.75, 3.05) is 6.54 Å². The molecule has 1 aliphatic rings. The third-order valence-electron chi connectivity index (χ3n) is 2.85. The Bertz CT molecular complexity index is 487. The van der Waals surface area contributed by atoms with Crippen molar-refractivity contribution in [1.29, 1.82) is 0 Å². The Balaban J connectivity index is 0.00000162. The Morgan fingerprint density at radius 3 is 2.68 bits per heavy atom. The molecule has 2 rings (SSSR count). The third-order valence-corrected chi connectivity index (χ3v) is 2.85. The van der Waals surface area contributed by atoms with E-state index in [4.69, 9.17) is 0 Å². The molecule has 0 bridgehead atoms. The minimum Gasteiger partial charge on any atom is -1.00 e. The highest BCUT2D eigenvalue weighted by molar-refractivity contribution is 6.02. The number of H-pyrrole nitrogens is 1. The van der Waals surface area contributed by atoms with E-state index >= 15 is 0 Å². The Kier molecular flexibility index (Phi) is 7.82. The molecule has 2 heterocycles. The van der Waals surface area contributed by atoms with Crippen LogP contribution in [0.4, 0.5) is 0 Å². The Labute approximate surface area is 133 Å². The van der Waals surface area contributed by atoms with Gasteiger partial charge in [0.05, 0.1) is 13.0 Å². The average Bonchev–Trinajstić information content (AvgIpc) is 2.33. The summed E-state index contributed by atoms with van der Waals surface area (Å²) < 4.78 is 0. The van der Waals surface area contributed by atoms with Gasteiger partial charge in [-0.25, -0.2) is 4.98 Å². The second-order valence-electron chi connectivity index (χ2n) is 4.13. The van der Waals surface area contributed by atoms with Crippen LogP contribution < -0.4 is 43.8 Å². The van der Waals surface area contributed by atoms with E-state index in [0.29, 0.717) is 0 Å². The van der Waals surface area contributed by atoms with Crippen molar-refractivity contribution >= 4 is 5.78 Å². The van der Waals surface area contributed by atoms with E-state index in [1.807, 2.05) is 31.3 Å². The number of aliphatic hydroxyl groups excluding tert-OH is 1. The lowest BCUT2D eigenvalue weighted by Gasteiger charge is -2.17. The first kappa shape index (κ1) is 18.0. The molecule has 0 aromatic carbocycles. The standard InChI is InChI=1S/C13H14N2O2.2BrH/c1-10-8-12(16)13(17)9-15(10)7-5-11-4-2-3-6-14-11;;/h2-4,6,8-9,17H,5,7H2,1H3;2*1H. The fourth-order valence-electron chi connectivity index (χ4n) is 1.84. The molecular formula is C13H16Br2N2O2. The van der Waals surface area contributed by atoms with Gasteiger partial charge in [0.15, 0.2) is 11.9 Å². The number of hydrogen-bond donors (Lipinski definition) is 2. The molecule has 0 radical (unpaired) electrons. The fourth-order valence-corrected chi connectivity index (χ4v) is 1.84. The highest BCUT2D eigenvalue weighted by Crippen LogP contribution is 1.98. The van der Waals surface area contributed by atoms with Gasteiger partial charge < -0.3 is 39.1 Å². The minimum absolute atomic E-state index is 0. The molecule has 1 aromatic heterocycles. The van der Waals surface area contributed by atoms with Gasteiger partial charge in [-0.1, -0.05) is 6.07 Å². The molecule has 0 fully saturated rings. The average molecular weight is 392 g/mol. The summed E-state index contributed by atoms with van der Waals surface area (Å²) in [7, 11) is 0.